The van der Waals surface area contributed by atoms with E-state index in [9.17, 15) is 22.8 Å². The summed E-state index contributed by atoms with van der Waals surface area (Å²) in [6.07, 6.45) is 3.51. The zero-order chi connectivity index (χ0) is 24.9. The molecule has 0 aliphatic carbocycles. The lowest BCUT2D eigenvalue weighted by Crippen LogP contribution is -2.49. The molecule has 2 aliphatic rings. The summed E-state index contributed by atoms with van der Waals surface area (Å²) in [5, 5.41) is 2.84. The van der Waals surface area contributed by atoms with Crippen LogP contribution in [0.5, 0.6) is 0 Å². The van der Waals surface area contributed by atoms with Crippen LogP contribution >= 0.6 is 0 Å². The molecule has 2 atom stereocenters. The molecule has 2 aliphatic heterocycles. The minimum absolute atomic E-state index is 0.0440. The van der Waals surface area contributed by atoms with Gasteiger partial charge < -0.3 is 10.2 Å². The predicted octanol–water partition coefficient (Wildman–Crippen LogP) is 5.38. The van der Waals surface area contributed by atoms with Crippen molar-refractivity contribution in [1.82, 2.24) is 15.1 Å². The van der Waals surface area contributed by atoms with Crippen molar-refractivity contribution in [1.29, 1.82) is 0 Å². The van der Waals surface area contributed by atoms with E-state index in [4.69, 9.17) is 0 Å². The number of nitrogens with zero attached hydrogens (tertiary/aromatic N) is 2. The monoisotopic (exact) mass is 487 g/mol. The zero-order valence-electron chi connectivity index (χ0n) is 20.0. The first-order valence-corrected chi connectivity index (χ1v) is 12.3. The Kier molecular flexibility index (Phi) is 8.11. The summed E-state index contributed by atoms with van der Waals surface area (Å²) < 4.78 is 40.4. The van der Waals surface area contributed by atoms with Gasteiger partial charge in [-0.25, -0.2) is 18.0 Å². The van der Waals surface area contributed by atoms with Gasteiger partial charge in [-0.15, -0.1) is 0 Å². The highest BCUT2D eigenvalue weighted by atomic mass is 19.2. The van der Waals surface area contributed by atoms with E-state index >= 15 is 0 Å². The number of hydrogen-bond donors (Lipinski definition) is 1. The van der Waals surface area contributed by atoms with Crippen LogP contribution < -0.4 is 5.32 Å². The number of carbonyl (C=O) groups excluding carboxylic acids is 2. The second-order valence-electron chi connectivity index (χ2n) is 9.75. The summed E-state index contributed by atoms with van der Waals surface area (Å²) in [5.74, 6) is -1.99. The zero-order valence-corrected chi connectivity index (χ0v) is 20.0. The number of benzene rings is 2. The Morgan fingerprint density at radius 3 is 2.37 bits per heavy atom. The maximum atomic E-state index is 13.8. The molecule has 0 saturated carbocycles. The number of imide groups is 1. The van der Waals surface area contributed by atoms with Crippen molar-refractivity contribution < 1.29 is 22.8 Å². The fraction of sp³-hybridized carbons (Fsp3) is 0.481. The largest absolute Gasteiger partial charge is 0.338 e. The second kappa shape index (κ2) is 11.2. The molecule has 2 saturated heterocycles. The Bertz CT molecular complexity index is 1040. The highest BCUT2D eigenvalue weighted by Gasteiger charge is 2.37. The minimum Gasteiger partial charge on any atom is -0.338 e. The van der Waals surface area contributed by atoms with E-state index in [1.165, 1.54) is 28.7 Å². The fourth-order valence-electron chi connectivity index (χ4n) is 5.21. The van der Waals surface area contributed by atoms with Crippen molar-refractivity contribution >= 4 is 11.9 Å². The van der Waals surface area contributed by atoms with E-state index in [1.54, 1.807) is 0 Å². The van der Waals surface area contributed by atoms with E-state index in [2.05, 4.69) is 10.2 Å². The van der Waals surface area contributed by atoms with Crippen LogP contribution in [0.4, 0.5) is 18.0 Å². The van der Waals surface area contributed by atoms with Gasteiger partial charge in [0.05, 0.1) is 6.04 Å². The molecule has 0 radical (unpaired) electrons. The van der Waals surface area contributed by atoms with Gasteiger partial charge in [-0.1, -0.05) is 25.1 Å². The van der Waals surface area contributed by atoms with Gasteiger partial charge in [0.25, 0.3) is 0 Å². The van der Waals surface area contributed by atoms with Crippen molar-refractivity contribution in [3.63, 3.8) is 0 Å². The van der Waals surface area contributed by atoms with Crippen molar-refractivity contribution in [2.45, 2.75) is 51.0 Å². The van der Waals surface area contributed by atoms with Crippen LogP contribution in [0, 0.1) is 23.4 Å². The Morgan fingerprint density at radius 2 is 1.69 bits per heavy atom. The normalized spacial score (nSPS) is 21.8. The molecule has 0 unspecified atom stereocenters. The third-order valence-electron chi connectivity index (χ3n) is 7.13. The molecule has 2 aromatic rings. The lowest BCUT2D eigenvalue weighted by atomic mass is 9.88. The van der Waals surface area contributed by atoms with Crippen LogP contribution in [-0.4, -0.2) is 47.9 Å². The van der Waals surface area contributed by atoms with Crippen LogP contribution in [0.15, 0.2) is 42.5 Å². The summed E-state index contributed by atoms with van der Waals surface area (Å²) in [5.41, 5.74) is 1.59. The highest BCUT2D eigenvalue weighted by molar-refractivity contribution is 5.95. The van der Waals surface area contributed by atoms with Crippen LogP contribution in [0.25, 0.3) is 0 Å². The van der Waals surface area contributed by atoms with Gasteiger partial charge in [0.1, 0.15) is 5.82 Å². The maximum absolute atomic E-state index is 13.8. The number of urea groups is 1. The molecule has 0 spiro atoms. The number of carbonyl (C=O) groups is 2. The molecular formula is C27H32F3N3O2. The summed E-state index contributed by atoms with van der Waals surface area (Å²) in [6.45, 7) is 5.04. The number of nitrogens with one attached hydrogen (secondary N) is 1. The number of piperidine rings is 2. The quantitative estimate of drug-likeness (QED) is 0.557. The number of halogens is 3. The summed E-state index contributed by atoms with van der Waals surface area (Å²) in [4.78, 5) is 29.1. The number of hydrogen-bond acceptors (Lipinski definition) is 3. The molecule has 1 N–H and O–H groups in total. The third kappa shape index (κ3) is 6.23. The molecule has 188 valence electrons. The van der Waals surface area contributed by atoms with Crippen LogP contribution in [0.3, 0.4) is 0 Å². The summed E-state index contributed by atoms with van der Waals surface area (Å²) in [7, 11) is 0. The minimum atomic E-state index is -0.989. The summed E-state index contributed by atoms with van der Waals surface area (Å²) in [6, 6.07) is 9.17. The molecule has 3 amide bonds. The van der Waals surface area contributed by atoms with Crippen LogP contribution in [0.1, 0.15) is 62.1 Å². The predicted molar refractivity (Wildman–Crippen MR) is 127 cm³/mol. The summed E-state index contributed by atoms with van der Waals surface area (Å²) >= 11 is 0. The van der Waals surface area contributed by atoms with E-state index in [0.29, 0.717) is 24.4 Å². The van der Waals surface area contributed by atoms with E-state index in [-0.39, 0.29) is 24.1 Å². The average Bonchev–Trinajstić information content (AvgIpc) is 2.84. The Labute approximate surface area is 204 Å². The highest BCUT2D eigenvalue weighted by Crippen LogP contribution is 2.35. The SMILES string of the molecule is C[C@@H]1CC(=O)N(C(=O)NCCCN2CCC(c3ccc(F)cc3)CC2)[C@@H](c2ccc(F)c(F)c2)C1. The first-order chi connectivity index (χ1) is 16.8. The maximum Gasteiger partial charge on any atom is 0.324 e. The molecule has 2 aromatic carbocycles. The van der Waals surface area contributed by atoms with Gasteiger partial charge >= 0.3 is 6.03 Å². The molecule has 4 rings (SSSR count). The molecular weight excluding hydrogens is 455 g/mol. The standard InChI is InChI=1S/C27H32F3N3O2/c1-18-15-25(21-5-8-23(29)24(30)17-21)33(26(34)16-18)27(35)31-11-2-12-32-13-9-20(10-14-32)19-3-6-22(28)7-4-19/h3-8,17-18,20,25H,2,9-16H2,1H3,(H,31,35)/t18-,25+/m0/s1. The second-order valence-corrected chi connectivity index (χ2v) is 9.75. The van der Waals surface area contributed by atoms with Crippen molar-refractivity contribution in [2.24, 2.45) is 5.92 Å². The smallest absolute Gasteiger partial charge is 0.324 e. The van der Waals surface area contributed by atoms with E-state index in [0.717, 1.165) is 51.0 Å². The van der Waals surface area contributed by atoms with Crippen molar-refractivity contribution in [2.75, 3.05) is 26.2 Å². The Balaban J connectivity index is 1.26. The Hall–Kier alpha value is -2.87. The molecule has 0 aromatic heterocycles. The van der Waals surface area contributed by atoms with Gasteiger partial charge in [0.15, 0.2) is 11.6 Å². The van der Waals surface area contributed by atoms with Gasteiger partial charge in [-0.05, 0) is 92.5 Å². The molecule has 2 fully saturated rings. The number of amides is 3. The lowest BCUT2D eigenvalue weighted by Gasteiger charge is -2.37. The van der Waals surface area contributed by atoms with E-state index in [1.807, 2.05) is 19.1 Å². The topological polar surface area (TPSA) is 52.7 Å². The first-order valence-electron chi connectivity index (χ1n) is 12.3. The van der Waals surface area contributed by atoms with Gasteiger partial charge in [0, 0.05) is 13.0 Å². The van der Waals surface area contributed by atoms with Crippen LogP contribution in [-0.2, 0) is 4.79 Å². The molecule has 5 nitrogen and oxygen atoms in total. The van der Waals surface area contributed by atoms with Crippen molar-refractivity contribution in [3.8, 4) is 0 Å². The van der Waals surface area contributed by atoms with E-state index < -0.39 is 23.7 Å². The molecule has 35 heavy (non-hydrogen) atoms. The van der Waals surface area contributed by atoms with Gasteiger partial charge in [-0.2, -0.15) is 0 Å². The average molecular weight is 488 g/mol. The van der Waals surface area contributed by atoms with Gasteiger partial charge in [-0.3, -0.25) is 9.69 Å². The number of likely N-dealkylation sites (tertiary alicyclic amines) is 2. The third-order valence-corrected chi connectivity index (χ3v) is 7.13. The Morgan fingerprint density at radius 1 is 1.00 bits per heavy atom. The number of rotatable bonds is 6. The molecule has 8 heteroatoms. The van der Waals surface area contributed by atoms with Gasteiger partial charge in [0.2, 0.25) is 5.91 Å². The lowest BCUT2D eigenvalue weighted by molar-refractivity contribution is -0.134. The molecule has 0 bridgehead atoms. The van der Waals surface area contributed by atoms with Crippen molar-refractivity contribution in [3.05, 3.63) is 71.0 Å². The first kappa shape index (κ1) is 25.2. The fourth-order valence-corrected chi connectivity index (χ4v) is 5.21. The van der Waals surface area contributed by atoms with Crippen LogP contribution in [0.2, 0.25) is 0 Å². The molecule has 2 heterocycles.